The highest BCUT2D eigenvalue weighted by molar-refractivity contribution is 7.47. The van der Waals surface area contributed by atoms with E-state index in [2.05, 4.69) is 50.3 Å². The highest BCUT2D eigenvalue weighted by Gasteiger charge is 2.26. The average Bonchev–Trinajstić information content (AvgIpc) is 3.13. The fourth-order valence-corrected chi connectivity index (χ4v) is 6.35. The first-order chi connectivity index (χ1) is 25.3. The van der Waals surface area contributed by atoms with Gasteiger partial charge in [0.2, 0.25) is 0 Å². The van der Waals surface area contributed by atoms with Gasteiger partial charge < -0.3 is 24.6 Å². The minimum absolute atomic E-state index is 0.0399. The number of rotatable bonds is 40. The summed E-state index contributed by atoms with van der Waals surface area (Å²) >= 11 is 0. The van der Waals surface area contributed by atoms with Crippen LogP contribution in [0, 0.1) is 0 Å². The van der Waals surface area contributed by atoms with E-state index in [1.165, 1.54) is 89.9 Å². The minimum atomic E-state index is -4.52. The van der Waals surface area contributed by atoms with Crippen molar-refractivity contribution in [3.63, 3.8) is 0 Å². The third kappa shape index (κ3) is 38.4. The zero-order valence-corrected chi connectivity index (χ0v) is 34.2. The normalized spacial score (nSPS) is 14.5. The molecule has 9 nitrogen and oxygen atoms in total. The number of ether oxygens (including phenoxy) is 2. The van der Waals surface area contributed by atoms with Crippen LogP contribution in [0.25, 0.3) is 0 Å². The molecule has 0 spiro atoms. The van der Waals surface area contributed by atoms with Crippen LogP contribution in [0.2, 0.25) is 0 Å². The Balaban J connectivity index is 4.22. The maximum atomic E-state index is 12.6. The fraction of sp³-hybridized carbons (Fsp3) is 0.833. The lowest BCUT2D eigenvalue weighted by Crippen LogP contribution is -2.29. The van der Waals surface area contributed by atoms with Crippen molar-refractivity contribution in [2.45, 2.75) is 193 Å². The Bertz CT molecular complexity index is 908. The standard InChI is InChI=1S/C42H79O9P/c1-3-5-7-9-11-13-15-17-19-21-23-25-27-29-31-33-35-48-38-41(39-50-52(46,47)49-37-40(44)36-43)51-42(45)34-32-30-28-26-24-22-20-18-16-14-12-10-8-6-4-2/h12,14,17-20,40-41,43-44H,3-11,13,15-16,21-39H2,1-2H3,(H,46,47)/b14-12-,19-17-,20-18-. The van der Waals surface area contributed by atoms with Crippen molar-refractivity contribution in [2.24, 2.45) is 0 Å². The molecule has 0 aromatic carbocycles. The zero-order chi connectivity index (χ0) is 38.2. The molecule has 3 N–H and O–H groups in total. The number of carbonyl (C=O) groups is 1. The molecule has 0 bridgehead atoms. The summed E-state index contributed by atoms with van der Waals surface area (Å²) in [6, 6.07) is 0. The van der Waals surface area contributed by atoms with E-state index in [9.17, 15) is 19.4 Å². The predicted molar refractivity (Wildman–Crippen MR) is 214 cm³/mol. The maximum Gasteiger partial charge on any atom is 0.472 e. The van der Waals surface area contributed by atoms with Gasteiger partial charge in [0.05, 0.1) is 26.4 Å². The van der Waals surface area contributed by atoms with Crippen LogP contribution in [0.4, 0.5) is 0 Å². The molecule has 0 amide bonds. The number of carbonyl (C=O) groups excluding carboxylic acids is 1. The van der Waals surface area contributed by atoms with Gasteiger partial charge in [-0.05, 0) is 70.6 Å². The highest BCUT2D eigenvalue weighted by Crippen LogP contribution is 2.43. The Hall–Kier alpha value is -1.32. The van der Waals surface area contributed by atoms with Crippen molar-refractivity contribution >= 4 is 13.8 Å². The van der Waals surface area contributed by atoms with Crippen molar-refractivity contribution < 1.29 is 43.0 Å². The van der Waals surface area contributed by atoms with E-state index in [4.69, 9.17) is 23.6 Å². The Morgan fingerprint density at radius 2 is 1.04 bits per heavy atom. The number of esters is 1. The predicted octanol–water partition coefficient (Wildman–Crippen LogP) is 11.3. The van der Waals surface area contributed by atoms with Gasteiger partial charge in [-0.1, -0.05) is 140 Å². The lowest BCUT2D eigenvalue weighted by molar-refractivity contribution is -0.154. The maximum absolute atomic E-state index is 12.6. The summed E-state index contributed by atoms with van der Waals surface area (Å²) in [5.41, 5.74) is 0. The smallest absolute Gasteiger partial charge is 0.457 e. The minimum Gasteiger partial charge on any atom is -0.457 e. The molecule has 0 saturated heterocycles. The molecular weight excluding hydrogens is 679 g/mol. The van der Waals surface area contributed by atoms with Gasteiger partial charge >= 0.3 is 13.8 Å². The van der Waals surface area contributed by atoms with Crippen molar-refractivity contribution in [1.82, 2.24) is 0 Å². The molecule has 0 aliphatic rings. The van der Waals surface area contributed by atoms with Crippen molar-refractivity contribution in [2.75, 3.05) is 33.0 Å². The molecule has 3 atom stereocenters. The third-order valence-corrected chi connectivity index (χ3v) is 9.75. The molecule has 0 aromatic rings. The molecule has 0 aliphatic carbocycles. The van der Waals surface area contributed by atoms with Crippen LogP contribution in [-0.2, 0) is 27.9 Å². The molecule has 0 radical (unpaired) electrons. The molecule has 0 heterocycles. The second-order valence-electron chi connectivity index (χ2n) is 14.0. The Kier molecular flexibility index (Phi) is 38.4. The number of aliphatic hydroxyl groups is 2. The first-order valence-electron chi connectivity index (χ1n) is 21.0. The van der Waals surface area contributed by atoms with Crippen LogP contribution >= 0.6 is 7.82 Å². The van der Waals surface area contributed by atoms with Crippen molar-refractivity contribution in [3.05, 3.63) is 36.5 Å². The van der Waals surface area contributed by atoms with Gasteiger partial charge in [-0.15, -0.1) is 0 Å². The number of hydrogen-bond donors (Lipinski definition) is 3. The van der Waals surface area contributed by atoms with Crippen LogP contribution in [0.15, 0.2) is 36.5 Å². The molecule has 52 heavy (non-hydrogen) atoms. The van der Waals surface area contributed by atoms with Gasteiger partial charge in [0.1, 0.15) is 12.2 Å². The van der Waals surface area contributed by atoms with E-state index in [-0.39, 0.29) is 19.6 Å². The summed E-state index contributed by atoms with van der Waals surface area (Å²) in [4.78, 5) is 22.5. The monoisotopic (exact) mass is 759 g/mol. The summed E-state index contributed by atoms with van der Waals surface area (Å²) in [6.45, 7) is 3.46. The quantitative estimate of drug-likeness (QED) is 0.0242. The van der Waals surface area contributed by atoms with Crippen molar-refractivity contribution in [1.29, 1.82) is 0 Å². The number of hydrogen-bond acceptors (Lipinski definition) is 8. The van der Waals surface area contributed by atoms with Crippen LogP contribution in [0.5, 0.6) is 0 Å². The number of aliphatic hydroxyl groups excluding tert-OH is 2. The molecule has 0 aromatic heterocycles. The topological polar surface area (TPSA) is 132 Å². The number of phosphoric ester groups is 1. The van der Waals surface area contributed by atoms with Crippen molar-refractivity contribution in [3.8, 4) is 0 Å². The highest BCUT2D eigenvalue weighted by atomic mass is 31.2. The van der Waals surface area contributed by atoms with Gasteiger partial charge in [-0.25, -0.2) is 4.57 Å². The Labute approximate surface area is 318 Å². The largest absolute Gasteiger partial charge is 0.472 e. The zero-order valence-electron chi connectivity index (χ0n) is 33.3. The summed E-state index contributed by atoms with van der Waals surface area (Å²) in [5, 5.41) is 18.3. The molecule has 306 valence electrons. The SMILES string of the molecule is CCCCC/C=C\C/C=C\CCCCCCCC(=O)OC(COCCCCCCCC/C=C\CCCCCCCC)COP(=O)(O)OCC(O)CO. The molecule has 0 rings (SSSR count). The van der Waals surface area contributed by atoms with E-state index in [0.29, 0.717) is 13.0 Å². The summed E-state index contributed by atoms with van der Waals surface area (Å²) in [5.74, 6) is -0.399. The Morgan fingerprint density at radius 3 is 1.60 bits per heavy atom. The van der Waals surface area contributed by atoms with Gasteiger partial charge in [0.25, 0.3) is 0 Å². The number of phosphoric acid groups is 1. The lowest BCUT2D eigenvalue weighted by atomic mass is 10.1. The number of unbranched alkanes of at least 4 members (excludes halogenated alkanes) is 20. The van der Waals surface area contributed by atoms with Gasteiger partial charge in [0.15, 0.2) is 0 Å². The first kappa shape index (κ1) is 50.7. The van der Waals surface area contributed by atoms with Crippen LogP contribution in [0.1, 0.15) is 181 Å². The average molecular weight is 759 g/mol. The summed E-state index contributed by atoms with van der Waals surface area (Å²) < 4.78 is 33.3. The molecule has 3 unspecified atom stereocenters. The fourth-order valence-electron chi connectivity index (χ4n) is 5.56. The van der Waals surface area contributed by atoms with E-state index < -0.39 is 39.2 Å². The molecular formula is C42H79O9P. The van der Waals surface area contributed by atoms with Gasteiger partial charge in [0, 0.05) is 13.0 Å². The van der Waals surface area contributed by atoms with Gasteiger partial charge in [-0.3, -0.25) is 13.8 Å². The van der Waals surface area contributed by atoms with E-state index >= 15 is 0 Å². The van der Waals surface area contributed by atoms with E-state index in [0.717, 1.165) is 64.2 Å². The van der Waals surface area contributed by atoms with E-state index in [1.807, 2.05) is 0 Å². The molecule has 10 heteroatoms. The van der Waals surface area contributed by atoms with Gasteiger partial charge in [-0.2, -0.15) is 0 Å². The number of allylic oxidation sites excluding steroid dienone is 6. The second kappa shape index (κ2) is 39.4. The summed E-state index contributed by atoms with van der Waals surface area (Å²) in [6.07, 6.45) is 40.9. The Morgan fingerprint density at radius 1 is 0.596 bits per heavy atom. The van der Waals surface area contributed by atoms with Crippen LogP contribution in [0.3, 0.4) is 0 Å². The first-order valence-corrected chi connectivity index (χ1v) is 22.5. The lowest BCUT2D eigenvalue weighted by Gasteiger charge is -2.20. The molecule has 0 aliphatic heterocycles. The summed E-state index contributed by atoms with van der Waals surface area (Å²) in [7, 11) is -4.52. The third-order valence-electron chi connectivity index (χ3n) is 8.80. The second-order valence-corrected chi connectivity index (χ2v) is 15.5. The molecule has 0 fully saturated rings. The van der Waals surface area contributed by atoms with Crippen LogP contribution < -0.4 is 0 Å². The van der Waals surface area contributed by atoms with Crippen LogP contribution in [-0.4, -0.2) is 66.3 Å². The van der Waals surface area contributed by atoms with E-state index in [1.54, 1.807) is 0 Å². The molecule has 0 saturated carbocycles.